The van der Waals surface area contributed by atoms with Gasteiger partial charge in [-0.1, -0.05) is 13.3 Å². The Bertz CT molecular complexity index is 257. The van der Waals surface area contributed by atoms with Gasteiger partial charge in [-0.2, -0.15) is 0 Å². The van der Waals surface area contributed by atoms with Crippen molar-refractivity contribution in [2.24, 2.45) is 0 Å². The monoisotopic (exact) mass is 266 g/mol. The van der Waals surface area contributed by atoms with Gasteiger partial charge in [0.05, 0.1) is 19.8 Å². The standard InChI is InChI=1S/C11H23O5P/c1-5-9-10(11(12)14-6-2)17(13,15-7-3)16-8-4/h10H,5-9H2,1-4H3/t10-/m0/s1. The van der Waals surface area contributed by atoms with Crippen LogP contribution in [-0.4, -0.2) is 31.4 Å². The Kier molecular flexibility index (Phi) is 8.48. The summed E-state index contributed by atoms with van der Waals surface area (Å²) in [5.41, 5.74) is -0.813. The molecule has 0 rings (SSSR count). The molecule has 5 nitrogen and oxygen atoms in total. The largest absolute Gasteiger partial charge is 0.465 e. The summed E-state index contributed by atoms with van der Waals surface area (Å²) in [6.45, 7) is 7.83. The second-order valence-electron chi connectivity index (χ2n) is 3.43. The van der Waals surface area contributed by atoms with E-state index in [2.05, 4.69) is 0 Å². The van der Waals surface area contributed by atoms with E-state index < -0.39 is 19.2 Å². The molecule has 102 valence electrons. The Hall–Kier alpha value is -0.380. The SMILES string of the molecule is CCC[C@@H](C(=O)OCC)P(=O)(OCC)OCC. The van der Waals surface area contributed by atoms with E-state index in [1.165, 1.54) is 0 Å². The molecule has 0 spiro atoms. The lowest BCUT2D eigenvalue weighted by atomic mass is 10.2. The van der Waals surface area contributed by atoms with Crippen molar-refractivity contribution in [3.63, 3.8) is 0 Å². The Morgan fingerprint density at radius 1 is 1.06 bits per heavy atom. The van der Waals surface area contributed by atoms with Crippen molar-refractivity contribution in [3.05, 3.63) is 0 Å². The zero-order chi connectivity index (χ0) is 13.3. The highest BCUT2D eigenvalue weighted by Crippen LogP contribution is 2.54. The van der Waals surface area contributed by atoms with E-state index in [9.17, 15) is 9.36 Å². The van der Waals surface area contributed by atoms with Crippen LogP contribution in [0.4, 0.5) is 0 Å². The average molecular weight is 266 g/mol. The summed E-state index contributed by atoms with van der Waals surface area (Å²) in [5.74, 6) is -0.500. The zero-order valence-electron chi connectivity index (χ0n) is 11.1. The van der Waals surface area contributed by atoms with Crippen molar-refractivity contribution in [2.45, 2.75) is 46.2 Å². The maximum Gasteiger partial charge on any atom is 0.344 e. The molecule has 1 atom stereocenters. The van der Waals surface area contributed by atoms with Crippen LogP contribution in [0.2, 0.25) is 0 Å². The minimum atomic E-state index is -3.41. The van der Waals surface area contributed by atoms with Crippen LogP contribution in [-0.2, 0) is 23.1 Å². The van der Waals surface area contributed by atoms with E-state index in [-0.39, 0.29) is 19.8 Å². The smallest absolute Gasteiger partial charge is 0.344 e. The minimum absolute atomic E-state index is 0.247. The number of rotatable bonds is 9. The lowest BCUT2D eigenvalue weighted by Crippen LogP contribution is -2.25. The van der Waals surface area contributed by atoms with Crippen molar-refractivity contribution < 1.29 is 23.1 Å². The first-order valence-corrected chi connectivity index (χ1v) is 7.72. The third kappa shape index (κ3) is 5.19. The fraction of sp³-hybridized carbons (Fsp3) is 0.909. The molecule has 0 heterocycles. The normalized spacial score (nSPS) is 13.4. The first-order valence-electron chi connectivity index (χ1n) is 6.11. The van der Waals surface area contributed by atoms with E-state index in [4.69, 9.17) is 13.8 Å². The van der Waals surface area contributed by atoms with Gasteiger partial charge in [-0.05, 0) is 27.2 Å². The molecule has 0 unspecified atom stereocenters. The fourth-order valence-electron chi connectivity index (χ4n) is 1.49. The van der Waals surface area contributed by atoms with Gasteiger partial charge in [0.25, 0.3) is 0 Å². The summed E-state index contributed by atoms with van der Waals surface area (Å²) in [6.07, 6.45) is 1.16. The summed E-state index contributed by atoms with van der Waals surface area (Å²) in [5, 5.41) is 0. The number of hydrogen-bond acceptors (Lipinski definition) is 5. The first-order chi connectivity index (χ1) is 8.05. The van der Waals surface area contributed by atoms with Crippen LogP contribution in [0, 0.1) is 0 Å². The van der Waals surface area contributed by atoms with Crippen LogP contribution in [0.3, 0.4) is 0 Å². The van der Waals surface area contributed by atoms with Gasteiger partial charge < -0.3 is 13.8 Å². The van der Waals surface area contributed by atoms with E-state index in [1.807, 2.05) is 6.92 Å². The van der Waals surface area contributed by atoms with Crippen LogP contribution < -0.4 is 0 Å². The van der Waals surface area contributed by atoms with Crippen molar-refractivity contribution in [1.82, 2.24) is 0 Å². The van der Waals surface area contributed by atoms with E-state index in [0.29, 0.717) is 12.8 Å². The number of ether oxygens (including phenoxy) is 1. The molecule has 17 heavy (non-hydrogen) atoms. The molecule has 6 heteroatoms. The lowest BCUT2D eigenvalue weighted by Gasteiger charge is -2.24. The van der Waals surface area contributed by atoms with E-state index in [1.54, 1.807) is 20.8 Å². The molecule has 0 aliphatic rings. The zero-order valence-corrected chi connectivity index (χ0v) is 12.0. The summed E-state index contributed by atoms with van der Waals surface area (Å²) >= 11 is 0. The lowest BCUT2D eigenvalue weighted by molar-refractivity contribution is -0.143. The van der Waals surface area contributed by atoms with Gasteiger partial charge in [0.15, 0.2) is 5.66 Å². The summed E-state index contributed by atoms with van der Waals surface area (Å²) in [6, 6.07) is 0. The van der Waals surface area contributed by atoms with Crippen molar-refractivity contribution >= 4 is 13.6 Å². The van der Waals surface area contributed by atoms with Gasteiger partial charge in [-0.3, -0.25) is 9.36 Å². The maximum atomic E-state index is 12.5. The van der Waals surface area contributed by atoms with Crippen LogP contribution >= 0.6 is 7.60 Å². The quantitative estimate of drug-likeness (QED) is 0.474. The van der Waals surface area contributed by atoms with Crippen molar-refractivity contribution in [3.8, 4) is 0 Å². The Labute approximate surface area is 103 Å². The second kappa shape index (κ2) is 8.67. The van der Waals surface area contributed by atoms with E-state index >= 15 is 0 Å². The minimum Gasteiger partial charge on any atom is -0.465 e. The Balaban J connectivity index is 4.94. The predicted octanol–water partition coefficient (Wildman–Crippen LogP) is 2.98. The Morgan fingerprint density at radius 3 is 1.94 bits per heavy atom. The molecule has 0 saturated carbocycles. The molecular weight excluding hydrogens is 243 g/mol. The first kappa shape index (κ1) is 16.6. The molecule has 0 N–H and O–H groups in total. The van der Waals surface area contributed by atoms with Crippen LogP contribution in [0.1, 0.15) is 40.5 Å². The number of carbonyl (C=O) groups is 1. The molecule has 0 bridgehead atoms. The summed E-state index contributed by atoms with van der Waals surface area (Å²) in [4.78, 5) is 11.8. The average Bonchev–Trinajstić information content (AvgIpc) is 2.26. The van der Waals surface area contributed by atoms with Crippen LogP contribution in [0.25, 0.3) is 0 Å². The molecule has 0 aromatic carbocycles. The Morgan fingerprint density at radius 2 is 1.59 bits per heavy atom. The van der Waals surface area contributed by atoms with Crippen molar-refractivity contribution in [2.75, 3.05) is 19.8 Å². The highest BCUT2D eigenvalue weighted by molar-refractivity contribution is 7.55. The topological polar surface area (TPSA) is 61.8 Å². The fourth-order valence-corrected chi connectivity index (χ4v) is 3.56. The highest BCUT2D eigenvalue weighted by atomic mass is 31.2. The molecule has 0 fully saturated rings. The third-order valence-corrected chi connectivity index (χ3v) is 4.59. The maximum absolute atomic E-state index is 12.5. The van der Waals surface area contributed by atoms with Gasteiger partial charge in [-0.15, -0.1) is 0 Å². The molecule has 0 amide bonds. The van der Waals surface area contributed by atoms with Gasteiger partial charge in [0, 0.05) is 0 Å². The molecule has 0 saturated heterocycles. The second-order valence-corrected chi connectivity index (χ2v) is 5.65. The van der Waals surface area contributed by atoms with Crippen molar-refractivity contribution in [1.29, 1.82) is 0 Å². The van der Waals surface area contributed by atoms with Crippen LogP contribution in [0.15, 0.2) is 0 Å². The third-order valence-electron chi connectivity index (χ3n) is 2.12. The molecule has 0 aromatic rings. The van der Waals surface area contributed by atoms with Gasteiger partial charge in [0.2, 0.25) is 0 Å². The van der Waals surface area contributed by atoms with Gasteiger partial charge >= 0.3 is 13.6 Å². The molecule has 0 aliphatic carbocycles. The number of esters is 1. The number of carbonyl (C=O) groups excluding carboxylic acids is 1. The van der Waals surface area contributed by atoms with Gasteiger partial charge in [-0.25, -0.2) is 0 Å². The molecule has 0 radical (unpaired) electrons. The highest BCUT2D eigenvalue weighted by Gasteiger charge is 2.41. The molecule has 0 aliphatic heterocycles. The predicted molar refractivity (Wildman–Crippen MR) is 66.2 cm³/mol. The summed E-state index contributed by atoms with van der Waals surface area (Å²) < 4.78 is 27.8. The van der Waals surface area contributed by atoms with Crippen LogP contribution in [0.5, 0.6) is 0 Å². The number of hydrogen-bond donors (Lipinski definition) is 0. The van der Waals surface area contributed by atoms with E-state index in [0.717, 1.165) is 0 Å². The molecular formula is C11H23O5P. The molecule has 0 aromatic heterocycles. The summed E-state index contributed by atoms with van der Waals surface area (Å²) in [7, 11) is -3.41. The van der Waals surface area contributed by atoms with Gasteiger partial charge in [0.1, 0.15) is 0 Å².